The Bertz CT molecular complexity index is 231. The second-order valence-corrected chi connectivity index (χ2v) is 5.71. The van der Waals surface area contributed by atoms with Crippen LogP contribution in [0, 0.1) is 0 Å². The fourth-order valence-electron chi connectivity index (χ4n) is 0.598. The monoisotopic (exact) mass is 345 g/mol. The molecule has 0 unspecified atom stereocenters. The predicted octanol–water partition coefficient (Wildman–Crippen LogP) is -0.0464. The van der Waals surface area contributed by atoms with Crippen LogP contribution in [0.5, 0.6) is 0 Å². The number of hydrogen-bond donors (Lipinski definition) is 2. The van der Waals surface area contributed by atoms with Gasteiger partial charge >= 0.3 is 77.3 Å². The second-order valence-electron chi connectivity index (χ2n) is 1.88. The third-order valence-corrected chi connectivity index (χ3v) is 4.93. The van der Waals surface area contributed by atoms with Crippen LogP contribution in [0.2, 0.25) is 0 Å². The molecule has 3 nitrogen and oxygen atoms in total. The molecule has 0 atom stereocenters. The van der Waals surface area contributed by atoms with E-state index in [0.29, 0.717) is 8.83 Å². The van der Waals surface area contributed by atoms with Crippen molar-refractivity contribution in [1.29, 1.82) is 0 Å². The van der Waals surface area contributed by atoms with Gasteiger partial charge in [0.15, 0.2) is 0 Å². The van der Waals surface area contributed by atoms with Crippen LogP contribution >= 0.6 is 0 Å². The molecule has 0 aromatic heterocycles. The van der Waals surface area contributed by atoms with E-state index in [4.69, 9.17) is 10.8 Å². The Morgan fingerprint density at radius 3 is 2.55 bits per heavy atom. The zero-order valence-electron chi connectivity index (χ0n) is 6.37. The van der Waals surface area contributed by atoms with Gasteiger partial charge in [-0.1, -0.05) is 0 Å². The van der Waals surface area contributed by atoms with E-state index in [1.807, 2.05) is 0 Å². The van der Waals surface area contributed by atoms with E-state index < -0.39 is 29.7 Å². The van der Waals surface area contributed by atoms with Gasteiger partial charge in [0.1, 0.15) is 0 Å². The van der Waals surface area contributed by atoms with Gasteiger partial charge in [0.05, 0.1) is 0 Å². The van der Waals surface area contributed by atoms with Crippen LogP contribution < -0.4 is 5.73 Å². The van der Waals surface area contributed by atoms with E-state index in [2.05, 4.69) is 4.06 Å². The maximum atomic E-state index is 10.5. The molecule has 0 aliphatic carbocycles. The summed E-state index contributed by atoms with van der Waals surface area (Å²) in [4.78, 5) is 10.5. The molecule has 0 aromatic carbocycles. The maximum absolute atomic E-state index is 10.5. The Morgan fingerprint density at radius 2 is 2.27 bits per heavy atom. The number of carboxylic acids is 1. The Kier molecular flexibility index (Phi) is 5.01. The van der Waals surface area contributed by atoms with Crippen LogP contribution in [0.15, 0.2) is 21.0 Å². The van der Waals surface area contributed by atoms with Gasteiger partial charge in [0, 0.05) is 0 Å². The molecule has 4 heteroatoms. The summed E-state index contributed by atoms with van der Waals surface area (Å²) in [5.41, 5.74) is 5.83. The van der Waals surface area contributed by atoms with Gasteiger partial charge in [0.2, 0.25) is 0 Å². The van der Waals surface area contributed by atoms with Crippen molar-refractivity contribution in [2.45, 2.75) is 6.92 Å². The number of carbonyl (C=O) groups is 1. The summed E-state index contributed by atoms with van der Waals surface area (Å²) in [5.74, 6) is -0.911. The first-order valence-corrected chi connectivity index (χ1v) is 8.53. The molecule has 0 rings (SSSR count). The van der Waals surface area contributed by atoms with Crippen LogP contribution in [0.25, 0.3) is 0 Å². The van der Waals surface area contributed by atoms with E-state index in [9.17, 15) is 4.79 Å². The number of aliphatic carboxylic acids is 1. The van der Waals surface area contributed by atoms with Gasteiger partial charge in [-0.3, -0.25) is 0 Å². The molecule has 0 radical (unpaired) electrons. The van der Waals surface area contributed by atoms with Crippen molar-refractivity contribution in [2.24, 2.45) is 5.73 Å². The van der Waals surface area contributed by atoms with Crippen molar-refractivity contribution >= 4 is 33.8 Å². The topological polar surface area (TPSA) is 63.3 Å². The van der Waals surface area contributed by atoms with Crippen LogP contribution in [0.4, 0.5) is 0 Å². The molecule has 58 valence electrons. The van der Waals surface area contributed by atoms with Gasteiger partial charge in [-0.2, -0.15) is 0 Å². The number of nitrogens with two attached hydrogens (primary N) is 1. The number of carboxylic acid groups (broad SMARTS) is 1. The Balaban J connectivity index is 4.82. The summed E-state index contributed by atoms with van der Waals surface area (Å²) < 4.78 is 4.03. The summed E-state index contributed by atoms with van der Waals surface area (Å²) >= 11 is -1.50. The Morgan fingerprint density at radius 1 is 1.73 bits per heavy atom. The second kappa shape index (κ2) is 5.23. The van der Waals surface area contributed by atoms with Crippen molar-refractivity contribution in [3.63, 3.8) is 0 Å². The van der Waals surface area contributed by atoms with E-state index >= 15 is 0 Å². The fraction of sp³-hybridized carbons (Fsp3) is 0.143. The number of rotatable bonds is 3. The predicted molar refractivity (Wildman–Crippen MR) is 46.5 cm³/mol. The van der Waals surface area contributed by atoms with Crippen molar-refractivity contribution in [3.8, 4) is 0 Å². The molecular weight excluding hydrogens is 334 g/mol. The van der Waals surface area contributed by atoms with Gasteiger partial charge < -0.3 is 0 Å². The van der Waals surface area contributed by atoms with E-state index in [1.165, 1.54) is 0 Å². The van der Waals surface area contributed by atoms with Crippen LogP contribution in [-0.4, -0.2) is 38.9 Å². The standard InChI is InChI=1S/C6H8NO2.CH2.Tl/c1-2-3-5(7)4-6(8)9;;/h2-3H,7H2,1H3,(H,8,9);1H2;/b3-2-,5-4?;;. The minimum absolute atomic E-state index is 0.364. The number of allylic oxidation sites excluding steroid dienone is 2. The molecule has 0 amide bonds. The molecular formula is C7H10NO2Tl. The van der Waals surface area contributed by atoms with Crippen LogP contribution in [-0.2, 0) is 4.79 Å². The molecule has 0 saturated heterocycles. The van der Waals surface area contributed by atoms with Crippen molar-refractivity contribution in [1.82, 2.24) is 0 Å². The third kappa shape index (κ3) is 3.45. The molecule has 11 heavy (non-hydrogen) atoms. The molecule has 0 fully saturated rings. The molecule has 0 aromatic rings. The molecule has 3 N–H and O–H groups in total. The Labute approximate surface area is 77.3 Å². The zero-order chi connectivity index (χ0) is 8.85. The van der Waals surface area contributed by atoms with Gasteiger partial charge in [-0.15, -0.1) is 0 Å². The first kappa shape index (κ1) is 10.5. The van der Waals surface area contributed by atoms with Crippen LogP contribution in [0.3, 0.4) is 0 Å². The van der Waals surface area contributed by atoms with Crippen molar-refractivity contribution in [3.05, 3.63) is 21.0 Å². The zero-order valence-corrected chi connectivity index (χ0v) is 10.9. The summed E-state index contributed by atoms with van der Waals surface area (Å²) in [6.07, 6.45) is 3.32. The van der Waals surface area contributed by atoms with Crippen molar-refractivity contribution < 1.29 is 9.90 Å². The quantitative estimate of drug-likeness (QED) is 0.429. The fourth-order valence-corrected chi connectivity index (χ4v) is 2.57. The van der Waals surface area contributed by atoms with Crippen LogP contribution in [0.1, 0.15) is 6.92 Å². The van der Waals surface area contributed by atoms with E-state index in [1.54, 1.807) is 19.1 Å². The molecule has 0 spiro atoms. The molecule has 0 saturated carbocycles. The SMILES string of the molecule is [CH2]=[Tl]/[C](C(=O)O)=C(N)\C=C/C. The minimum atomic E-state index is -1.50. The first-order valence-electron chi connectivity index (χ1n) is 3.11. The van der Waals surface area contributed by atoms with E-state index in [0.717, 1.165) is 0 Å². The van der Waals surface area contributed by atoms with Gasteiger partial charge in [0.25, 0.3) is 0 Å². The van der Waals surface area contributed by atoms with Gasteiger partial charge in [-0.05, 0) is 0 Å². The molecule has 0 aliphatic heterocycles. The summed E-state index contributed by atoms with van der Waals surface area (Å²) in [7, 11) is 0. The number of hydrogen-bond acceptors (Lipinski definition) is 2. The molecule has 0 bridgehead atoms. The normalized spacial score (nSPS) is 12.5. The Hall–Kier alpha value is -0.458. The van der Waals surface area contributed by atoms with Gasteiger partial charge in [-0.25, -0.2) is 0 Å². The average Bonchev–Trinajstić information content (AvgIpc) is 1.88. The first-order chi connectivity index (χ1) is 5.13. The average molecular weight is 345 g/mol. The third-order valence-electron chi connectivity index (χ3n) is 1.09. The van der Waals surface area contributed by atoms with E-state index in [-0.39, 0.29) is 0 Å². The summed E-state index contributed by atoms with van der Waals surface area (Å²) in [6, 6.07) is 0. The summed E-state index contributed by atoms with van der Waals surface area (Å²) in [6.45, 7) is 1.80. The summed E-state index contributed by atoms with van der Waals surface area (Å²) in [5, 5.41) is 8.61. The molecule has 0 aliphatic rings. The van der Waals surface area contributed by atoms with Crippen molar-refractivity contribution in [2.75, 3.05) is 0 Å². The molecule has 0 heterocycles.